The van der Waals surface area contributed by atoms with Gasteiger partial charge in [-0.1, -0.05) is 0 Å². The molecule has 0 amide bonds. The molecule has 0 aromatic carbocycles. The van der Waals surface area contributed by atoms with Crippen LogP contribution < -0.4 is 19.2 Å². The van der Waals surface area contributed by atoms with Crippen LogP contribution in [0.4, 0.5) is 0 Å². The van der Waals surface area contributed by atoms with Crippen molar-refractivity contribution in [3.63, 3.8) is 0 Å². The molecule has 0 aromatic rings. The van der Waals surface area contributed by atoms with Crippen molar-refractivity contribution in [1.82, 2.24) is 0 Å². The van der Waals surface area contributed by atoms with E-state index in [1.807, 2.05) is 0 Å². The van der Waals surface area contributed by atoms with Gasteiger partial charge in [0.2, 0.25) is 0 Å². The molecule has 0 saturated carbocycles. The molecule has 0 rings (SSSR count). The van der Waals surface area contributed by atoms with Crippen molar-refractivity contribution >= 4 is 73.6 Å². The summed E-state index contributed by atoms with van der Waals surface area (Å²) in [6, 6.07) is 0. The van der Waals surface area contributed by atoms with Gasteiger partial charge < -0.3 is 47.6 Å². The smallest absolute Gasteiger partial charge is 0.672 e. The van der Waals surface area contributed by atoms with E-state index in [2.05, 4.69) is 0 Å². The molecular formula is H4Mg2O10Si3. The summed E-state index contributed by atoms with van der Waals surface area (Å²) in [5.41, 5.74) is 0. The fraction of sp³-hybridized carbons (Fsp3) is 0. The van der Waals surface area contributed by atoms with Gasteiger partial charge in [0, 0.05) is 9.17 Å². The molecule has 0 radical (unpaired) electrons. The van der Waals surface area contributed by atoms with E-state index in [4.69, 9.17) is 42.2 Å². The van der Waals surface area contributed by atoms with Crippen molar-refractivity contribution in [3.05, 3.63) is 0 Å². The van der Waals surface area contributed by atoms with Crippen LogP contribution in [0.25, 0.3) is 0 Å². The maximum absolute atomic E-state index is 8.63. The van der Waals surface area contributed by atoms with Gasteiger partial charge in [-0.2, -0.15) is 0 Å². The van der Waals surface area contributed by atoms with Crippen molar-refractivity contribution < 1.29 is 47.6 Å². The minimum absolute atomic E-state index is 0. The van der Waals surface area contributed by atoms with Crippen LogP contribution >= 0.6 is 0 Å². The molecule has 0 aliphatic rings. The molecule has 0 unspecified atom stereocenters. The Morgan fingerprint density at radius 2 is 0.733 bits per heavy atom. The van der Waals surface area contributed by atoms with Gasteiger partial charge in [0.15, 0.2) is 0 Å². The molecule has 0 aromatic heterocycles. The van der Waals surface area contributed by atoms with E-state index < -0.39 is 27.5 Å². The van der Waals surface area contributed by atoms with Crippen LogP contribution in [0.3, 0.4) is 0 Å². The maximum atomic E-state index is 8.63. The topological polar surface area (TPSA) is 215 Å². The Kier molecular flexibility index (Phi) is 70.5. The fourth-order valence-electron chi connectivity index (χ4n) is 0. The molecule has 15 heteroatoms. The molecule has 0 aliphatic carbocycles. The van der Waals surface area contributed by atoms with Gasteiger partial charge in [0.1, 0.15) is 0 Å². The second kappa shape index (κ2) is 29.3. The summed E-state index contributed by atoms with van der Waals surface area (Å²) < 4.78 is 25.8. The van der Waals surface area contributed by atoms with E-state index in [-0.39, 0.29) is 51.6 Å². The molecule has 0 fully saturated rings. The van der Waals surface area contributed by atoms with Crippen LogP contribution in [0.1, 0.15) is 0 Å². The van der Waals surface area contributed by atoms with E-state index in [0.29, 0.717) is 0 Å². The Labute approximate surface area is 121 Å². The summed E-state index contributed by atoms with van der Waals surface area (Å²) in [5.74, 6) is 0. The normalized spacial score (nSPS) is 4.80. The van der Waals surface area contributed by atoms with E-state index in [1.54, 1.807) is 0 Å². The number of hydrogen-bond donors (Lipinski definition) is 2. The van der Waals surface area contributed by atoms with Gasteiger partial charge in [0.25, 0.3) is 0 Å². The molecule has 0 saturated heterocycles. The van der Waals surface area contributed by atoms with E-state index in [1.165, 1.54) is 0 Å². The van der Waals surface area contributed by atoms with Gasteiger partial charge >= 0.3 is 64.4 Å². The maximum Gasteiger partial charge on any atom is 2.00 e. The molecule has 80 valence electrons. The average molecular weight is 297 g/mol. The van der Waals surface area contributed by atoms with Gasteiger partial charge in [-0.3, -0.25) is 0 Å². The van der Waals surface area contributed by atoms with Crippen LogP contribution in [0, 0.1) is 0 Å². The van der Waals surface area contributed by atoms with Gasteiger partial charge in [-0.25, -0.2) is 0 Å². The summed E-state index contributed by atoms with van der Waals surface area (Å²) >= 11 is 0. The van der Waals surface area contributed by atoms with Crippen molar-refractivity contribution in [2.75, 3.05) is 0 Å². The van der Waals surface area contributed by atoms with E-state index in [9.17, 15) is 0 Å². The summed E-state index contributed by atoms with van der Waals surface area (Å²) in [5, 5.41) is 0. The summed E-state index contributed by atoms with van der Waals surface area (Å²) in [6.45, 7) is 0. The first-order chi connectivity index (χ1) is 5.20. The Morgan fingerprint density at radius 3 is 0.733 bits per heavy atom. The number of rotatable bonds is 0. The summed E-state index contributed by atoms with van der Waals surface area (Å²) in [4.78, 5) is 48.4. The Hall–Kier alpha value is 0.343. The fourth-order valence-corrected chi connectivity index (χ4v) is 0. The number of hydrogen-bond acceptors (Lipinski definition) is 7. The van der Waals surface area contributed by atoms with Crippen LogP contribution in [-0.4, -0.2) is 88.7 Å². The molecule has 0 heterocycles. The minimum Gasteiger partial charge on any atom is -0.672 e. The SMILES string of the molecule is O.O=[Si]([O-])O.O=[Si]([O-])O.O=[Si]([O-])[O-].[Mg+2].[Mg+2]. The van der Waals surface area contributed by atoms with Crippen molar-refractivity contribution in [2.45, 2.75) is 0 Å². The van der Waals surface area contributed by atoms with Crippen LogP contribution in [-0.2, 0) is 13.4 Å². The van der Waals surface area contributed by atoms with Gasteiger partial charge in [-0.15, -0.1) is 0 Å². The second-order valence-electron chi connectivity index (χ2n) is 0.782. The third-order valence-electron chi connectivity index (χ3n) is 0. The largest absolute Gasteiger partial charge is 2.00 e. The molecule has 0 bridgehead atoms. The van der Waals surface area contributed by atoms with Crippen LogP contribution in [0.15, 0.2) is 0 Å². The quantitative estimate of drug-likeness (QED) is 0.405. The van der Waals surface area contributed by atoms with Gasteiger partial charge in [0.05, 0.1) is 0 Å². The molecule has 0 spiro atoms. The first kappa shape index (κ1) is 36.2. The third-order valence-corrected chi connectivity index (χ3v) is 0. The van der Waals surface area contributed by atoms with E-state index in [0.717, 1.165) is 0 Å². The zero-order chi connectivity index (χ0) is 10.7. The molecule has 10 nitrogen and oxygen atoms in total. The molecule has 4 N–H and O–H groups in total. The predicted molar refractivity (Wildman–Crippen MR) is 38.9 cm³/mol. The molecule has 0 atom stereocenters. The Bertz CT molecular complexity index is 116. The average Bonchev–Trinajstić information content (AvgIpc) is 1.54. The third kappa shape index (κ3) is 18600. The Morgan fingerprint density at radius 1 is 0.733 bits per heavy atom. The molecule has 15 heavy (non-hydrogen) atoms. The summed E-state index contributed by atoms with van der Waals surface area (Å²) in [7, 11) is -10.4. The van der Waals surface area contributed by atoms with Crippen molar-refractivity contribution in [2.24, 2.45) is 0 Å². The van der Waals surface area contributed by atoms with Gasteiger partial charge in [-0.05, 0) is 0 Å². The van der Waals surface area contributed by atoms with Crippen LogP contribution in [0.5, 0.6) is 0 Å². The minimum atomic E-state index is -3.63. The van der Waals surface area contributed by atoms with Crippen LogP contribution in [0.2, 0.25) is 0 Å². The van der Waals surface area contributed by atoms with Crippen molar-refractivity contribution in [3.8, 4) is 0 Å². The first-order valence-corrected chi connectivity index (χ1v) is 5.63. The van der Waals surface area contributed by atoms with Crippen molar-refractivity contribution in [1.29, 1.82) is 0 Å². The summed E-state index contributed by atoms with van der Waals surface area (Å²) in [6.07, 6.45) is 0. The molecule has 0 aliphatic heterocycles. The standard InChI is InChI=1S/2Mg.2HO3Si.O3Si.H2O/c;;3*1-4(2)3;/h;;2*1H;;1H2/q2*+2;2*-1;-2;. The zero-order valence-corrected chi connectivity index (χ0v) is 13.0. The monoisotopic (exact) mass is 296 g/mol. The second-order valence-corrected chi connectivity index (χ2v) is 2.35. The first-order valence-electron chi connectivity index (χ1n) is 1.88. The zero-order valence-electron chi connectivity index (χ0n) is 7.17. The molecular weight excluding hydrogens is 293 g/mol. The Balaban J connectivity index is -0.0000000184. The van der Waals surface area contributed by atoms with E-state index >= 15 is 0 Å². The predicted octanol–water partition coefficient (Wildman–Crippen LogP) is -8.96.